The van der Waals surface area contributed by atoms with Crippen LogP contribution in [0.25, 0.3) is 0 Å². The summed E-state index contributed by atoms with van der Waals surface area (Å²) in [5.74, 6) is 0.706. The summed E-state index contributed by atoms with van der Waals surface area (Å²) < 4.78 is 15.2. The molecule has 0 aromatic heterocycles. The van der Waals surface area contributed by atoms with Crippen molar-refractivity contribution < 1.29 is 19.0 Å². The molecule has 0 bridgehead atoms. The number of urea groups is 1. The lowest BCUT2D eigenvalue weighted by Gasteiger charge is -2.14. The third-order valence-corrected chi connectivity index (χ3v) is 2.45. The largest absolute Gasteiger partial charge is 0.473 e. The van der Waals surface area contributed by atoms with Crippen LogP contribution in [-0.4, -0.2) is 39.8 Å². The molecule has 0 fully saturated rings. The molecule has 2 amide bonds. The average molecular weight is 268 g/mol. The number of amides is 2. The van der Waals surface area contributed by atoms with Crippen molar-refractivity contribution in [1.29, 1.82) is 0 Å². The molecular weight excluding hydrogens is 248 g/mol. The van der Waals surface area contributed by atoms with E-state index < -0.39 is 6.29 Å². The summed E-state index contributed by atoms with van der Waals surface area (Å²) in [7, 11) is 3.02. The van der Waals surface area contributed by atoms with Crippen LogP contribution in [-0.2, 0) is 9.47 Å². The minimum Gasteiger partial charge on any atom is -0.473 e. The number of carbonyl (C=O) groups is 1. The first-order chi connectivity index (χ1) is 9.15. The van der Waals surface area contributed by atoms with Gasteiger partial charge in [-0.2, -0.15) is 0 Å². The average Bonchev–Trinajstić information content (AvgIpc) is 2.42. The van der Waals surface area contributed by atoms with Gasteiger partial charge in [-0.3, -0.25) is 0 Å². The molecule has 106 valence electrons. The highest BCUT2D eigenvalue weighted by molar-refractivity contribution is 5.73. The molecule has 6 heteroatoms. The van der Waals surface area contributed by atoms with Crippen molar-refractivity contribution in [3.05, 3.63) is 29.8 Å². The van der Waals surface area contributed by atoms with E-state index in [0.29, 0.717) is 5.75 Å². The summed E-state index contributed by atoms with van der Waals surface area (Å²) >= 11 is 0. The first-order valence-corrected chi connectivity index (χ1v) is 5.92. The van der Waals surface area contributed by atoms with Gasteiger partial charge in [-0.15, -0.1) is 0 Å². The fourth-order valence-electron chi connectivity index (χ4n) is 1.32. The van der Waals surface area contributed by atoms with Gasteiger partial charge in [0.15, 0.2) is 13.0 Å². The van der Waals surface area contributed by atoms with Gasteiger partial charge >= 0.3 is 6.03 Å². The van der Waals surface area contributed by atoms with Crippen molar-refractivity contribution in [3.8, 4) is 5.75 Å². The number of ether oxygens (including phenoxy) is 3. The summed E-state index contributed by atoms with van der Waals surface area (Å²) in [5, 5.41) is 5.17. The summed E-state index contributed by atoms with van der Waals surface area (Å²) in [5.41, 5.74) is 1.16. The number of aryl methyl sites for hydroxylation is 1. The third kappa shape index (κ3) is 6.08. The molecule has 0 aliphatic rings. The Labute approximate surface area is 113 Å². The summed E-state index contributed by atoms with van der Waals surface area (Å²) in [4.78, 5) is 11.4. The van der Waals surface area contributed by atoms with Crippen molar-refractivity contribution in [1.82, 2.24) is 10.6 Å². The highest BCUT2D eigenvalue weighted by atomic mass is 16.7. The molecule has 0 saturated heterocycles. The molecule has 1 aromatic rings. The molecule has 2 N–H and O–H groups in total. The molecule has 0 unspecified atom stereocenters. The van der Waals surface area contributed by atoms with Gasteiger partial charge in [0, 0.05) is 14.2 Å². The zero-order chi connectivity index (χ0) is 14.1. The molecule has 1 aromatic carbocycles. The standard InChI is InChI=1S/C13H20N2O4/c1-10-4-6-11(7-5-10)19-9-15-13(16)14-8-12(17-2)18-3/h4-7,12H,8-9H2,1-3H3,(H2,14,15,16). The van der Waals surface area contributed by atoms with Gasteiger partial charge in [0.1, 0.15) is 5.75 Å². The normalized spacial score (nSPS) is 10.3. The Kier molecular flexibility index (Phi) is 6.70. The second-order valence-electron chi connectivity index (χ2n) is 3.89. The van der Waals surface area contributed by atoms with Crippen LogP contribution in [0.4, 0.5) is 4.79 Å². The van der Waals surface area contributed by atoms with Gasteiger partial charge in [-0.05, 0) is 19.1 Å². The summed E-state index contributed by atoms with van der Waals surface area (Å²) in [6.07, 6.45) is -0.455. The van der Waals surface area contributed by atoms with Crippen LogP contribution in [0.5, 0.6) is 5.75 Å². The van der Waals surface area contributed by atoms with E-state index in [-0.39, 0.29) is 19.3 Å². The topological polar surface area (TPSA) is 68.8 Å². The maximum absolute atomic E-state index is 11.4. The Hall–Kier alpha value is -1.79. The zero-order valence-electron chi connectivity index (χ0n) is 11.4. The summed E-state index contributed by atoms with van der Waals surface area (Å²) in [6, 6.07) is 7.24. The number of rotatable bonds is 7. The van der Waals surface area contributed by atoms with Crippen LogP contribution in [0.3, 0.4) is 0 Å². The lowest BCUT2D eigenvalue weighted by atomic mass is 10.2. The van der Waals surface area contributed by atoms with E-state index in [1.807, 2.05) is 31.2 Å². The van der Waals surface area contributed by atoms with Gasteiger partial charge < -0.3 is 24.8 Å². The monoisotopic (exact) mass is 268 g/mol. The predicted octanol–water partition coefficient (Wildman–Crippen LogP) is 1.25. The van der Waals surface area contributed by atoms with E-state index >= 15 is 0 Å². The van der Waals surface area contributed by atoms with Crippen LogP contribution in [0.15, 0.2) is 24.3 Å². The Morgan fingerprint density at radius 1 is 1.16 bits per heavy atom. The van der Waals surface area contributed by atoms with Crippen molar-refractivity contribution in [3.63, 3.8) is 0 Å². The van der Waals surface area contributed by atoms with Crippen molar-refractivity contribution in [2.75, 3.05) is 27.5 Å². The maximum atomic E-state index is 11.4. The predicted molar refractivity (Wildman–Crippen MR) is 71.0 cm³/mol. The minimum atomic E-state index is -0.455. The molecule has 1 rings (SSSR count). The minimum absolute atomic E-state index is 0.0968. The number of carbonyl (C=O) groups excluding carboxylic acids is 1. The van der Waals surface area contributed by atoms with Gasteiger partial charge in [-0.25, -0.2) is 4.79 Å². The lowest BCUT2D eigenvalue weighted by molar-refractivity contribution is -0.0972. The van der Waals surface area contributed by atoms with Gasteiger partial charge in [0.05, 0.1) is 6.54 Å². The third-order valence-electron chi connectivity index (χ3n) is 2.45. The van der Waals surface area contributed by atoms with E-state index in [1.54, 1.807) is 0 Å². The molecule has 0 heterocycles. The van der Waals surface area contributed by atoms with Gasteiger partial charge in [0.25, 0.3) is 0 Å². The van der Waals surface area contributed by atoms with Gasteiger partial charge in [-0.1, -0.05) is 17.7 Å². The number of hydrogen-bond acceptors (Lipinski definition) is 4. The maximum Gasteiger partial charge on any atom is 0.317 e. The highest BCUT2D eigenvalue weighted by Gasteiger charge is 2.07. The van der Waals surface area contributed by atoms with Crippen LogP contribution in [0.1, 0.15) is 5.56 Å². The molecule has 0 saturated carbocycles. The Morgan fingerprint density at radius 2 is 1.79 bits per heavy atom. The molecule has 0 radical (unpaired) electrons. The zero-order valence-corrected chi connectivity index (χ0v) is 11.4. The molecule has 0 spiro atoms. The van der Waals surface area contributed by atoms with Crippen molar-refractivity contribution in [2.24, 2.45) is 0 Å². The fourth-order valence-corrected chi connectivity index (χ4v) is 1.32. The SMILES string of the molecule is COC(CNC(=O)NCOc1ccc(C)cc1)OC. The van der Waals surface area contributed by atoms with Crippen molar-refractivity contribution >= 4 is 6.03 Å². The van der Waals surface area contributed by atoms with E-state index in [0.717, 1.165) is 5.56 Å². The van der Waals surface area contributed by atoms with Crippen molar-refractivity contribution in [2.45, 2.75) is 13.2 Å². The number of hydrogen-bond donors (Lipinski definition) is 2. The fraction of sp³-hybridized carbons (Fsp3) is 0.462. The Bertz CT molecular complexity index is 377. The Morgan fingerprint density at radius 3 is 2.37 bits per heavy atom. The second-order valence-corrected chi connectivity index (χ2v) is 3.89. The van der Waals surface area contributed by atoms with Crippen LogP contribution < -0.4 is 15.4 Å². The summed E-state index contributed by atoms with van der Waals surface area (Å²) in [6.45, 7) is 2.36. The molecule has 0 aliphatic carbocycles. The molecule has 0 aliphatic heterocycles. The highest BCUT2D eigenvalue weighted by Crippen LogP contribution is 2.10. The molecule has 6 nitrogen and oxygen atoms in total. The van der Waals surface area contributed by atoms with E-state index in [9.17, 15) is 4.79 Å². The number of benzene rings is 1. The lowest BCUT2D eigenvalue weighted by Crippen LogP contribution is -2.42. The number of nitrogens with one attached hydrogen (secondary N) is 2. The Balaban J connectivity index is 2.18. The first kappa shape index (κ1) is 15.3. The van der Waals surface area contributed by atoms with E-state index in [4.69, 9.17) is 14.2 Å². The quantitative estimate of drug-likeness (QED) is 0.730. The van der Waals surface area contributed by atoms with E-state index in [1.165, 1.54) is 14.2 Å². The molecular formula is C13H20N2O4. The molecule has 0 atom stereocenters. The van der Waals surface area contributed by atoms with Crippen LogP contribution in [0, 0.1) is 6.92 Å². The second kappa shape index (κ2) is 8.34. The van der Waals surface area contributed by atoms with Gasteiger partial charge in [0.2, 0.25) is 0 Å². The van der Waals surface area contributed by atoms with Crippen LogP contribution in [0.2, 0.25) is 0 Å². The van der Waals surface area contributed by atoms with Crippen LogP contribution >= 0.6 is 0 Å². The number of methoxy groups -OCH3 is 2. The smallest absolute Gasteiger partial charge is 0.317 e. The first-order valence-electron chi connectivity index (χ1n) is 5.92. The molecule has 19 heavy (non-hydrogen) atoms. The van der Waals surface area contributed by atoms with E-state index in [2.05, 4.69) is 10.6 Å².